The summed E-state index contributed by atoms with van der Waals surface area (Å²) in [6.45, 7) is 2.57. The van der Waals surface area contributed by atoms with Gasteiger partial charge in [0.1, 0.15) is 0 Å². The third-order valence-electron chi connectivity index (χ3n) is 4.57. The van der Waals surface area contributed by atoms with Crippen molar-refractivity contribution in [2.45, 2.75) is 57.4 Å². The Hall–Kier alpha value is -0.610. The molecule has 2 aliphatic rings. The molecule has 2 fully saturated rings. The number of ether oxygens (including phenoxy) is 1. The minimum absolute atomic E-state index is 0.216. The van der Waals surface area contributed by atoms with Crippen LogP contribution in [0.3, 0.4) is 0 Å². The average molecular weight is 268 g/mol. The fourth-order valence-corrected chi connectivity index (χ4v) is 3.13. The Kier molecular flexibility index (Phi) is 6.11. The molecule has 1 amide bonds. The van der Waals surface area contributed by atoms with E-state index in [1.54, 1.807) is 0 Å². The zero-order valence-corrected chi connectivity index (χ0v) is 11.9. The third kappa shape index (κ3) is 5.49. The van der Waals surface area contributed by atoms with E-state index in [4.69, 9.17) is 10.5 Å². The van der Waals surface area contributed by atoms with Crippen molar-refractivity contribution in [1.29, 1.82) is 0 Å². The van der Waals surface area contributed by atoms with Gasteiger partial charge >= 0.3 is 0 Å². The van der Waals surface area contributed by atoms with Crippen LogP contribution < -0.4 is 11.1 Å². The molecule has 4 nitrogen and oxygen atoms in total. The Morgan fingerprint density at radius 1 is 1.11 bits per heavy atom. The minimum atomic E-state index is 0.216. The van der Waals surface area contributed by atoms with Crippen molar-refractivity contribution >= 4 is 5.91 Å². The molecule has 2 rings (SSSR count). The first kappa shape index (κ1) is 14.8. The molecule has 19 heavy (non-hydrogen) atoms. The molecule has 1 atom stereocenters. The summed E-state index contributed by atoms with van der Waals surface area (Å²) in [5, 5.41) is 3.04. The van der Waals surface area contributed by atoms with Crippen LogP contribution in [0.2, 0.25) is 0 Å². The smallest absolute Gasteiger partial charge is 0.220 e. The summed E-state index contributed by atoms with van der Waals surface area (Å²) in [7, 11) is 0. The molecule has 0 aromatic rings. The van der Waals surface area contributed by atoms with Crippen molar-refractivity contribution < 1.29 is 9.53 Å². The summed E-state index contributed by atoms with van der Waals surface area (Å²) in [6.07, 6.45) is 8.60. The molecule has 0 spiro atoms. The van der Waals surface area contributed by atoms with Crippen molar-refractivity contribution in [1.82, 2.24) is 5.32 Å². The number of carbonyl (C=O) groups is 1. The normalized spacial score (nSPS) is 31.3. The molecule has 110 valence electrons. The number of hydrogen-bond donors (Lipinski definition) is 2. The van der Waals surface area contributed by atoms with Gasteiger partial charge in [-0.25, -0.2) is 0 Å². The van der Waals surface area contributed by atoms with E-state index < -0.39 is 0 Å². The molecule has 0 bridgehead atoms. The van der Waals surface area contributed by atoms with E-state index in [1.807, 2.05) is 0 Å². The van der Waals surface area contributed by atoms with Crippen LogP contribution in [0, 0.1) is 11.8 Å². The minimum Gasteiger partial charge on any atom is -0.381 e. The van der Waals surface area contributed by atoms with Crippen molar-refractivity contribution in [3.8, 4) is 0 Å². The SMILES string of the molecule is NC1CCC(CCC(=O)NCCC2CCOC2)CC1. The monoisotopic (exact) mass is 268 g/mol. The molecular formula is C15H28N2O2. The van der Waals surface area contributed by atoms with Gasteiger partial charge < -0.3 is 15.8 Å². The Bertz CT molecular complexity index is 269. The number of nitrogens with one attached hydrogen (secondary N) is 1. The van der Waals surface area contributed by atoms with Gasteiger partial charge in [0.15, 0.2) is 0 Å². The number of amides is 1. The molecule has 1 heterocycles. The number of nitrogens with two attached hydrogens (primary N) is 1. The molecule has 1 aliphatic heterocycles. The Morgan fingerprint density at radius 2 is 1.89 bits per heavy atom. The van der Waals surface area contributed by atoms with E-state index in [9.17, 15) is 4.79 Å². The van der Waals surface area contributed by atoms with Crippen LogP contribution in [-0.2, 0) is 9.53 Å². The first-order valence-corrected chi connectivity index (χ1v) is 7.84. The summed E-state index contributed by atoms with van der Waals surface area (Å²) in [5.41, 5.74) is 5.89. The maximum Gasteiger partial charge on any atom is 0.220 e. The quantitative estimate of drug-likeness (QED) is 0.772. The molecule has 1 aliphatic carbocycles. The molecule has 1 saturated heterocycles. The second-order valence-electron chi connectivity index (χ2n) is 6.19. The van der Waals surface area contributed by atoms with Crippen LogP contribution in [0.5, 0.6) is 0 Å². The lowest BCUT2D eigenvalue weighted by Gasteiger charge is -2.25. The predicted octanol–water partition coefficient (Wildman–Crippen LogP) is 1.83. The summed E-state index contributed by atoms with van der Waals surface area (Å²) in [4.78, 5) is 11.8. The van der Waals surface area contributed by atoms with Gasteiger partial charge in [-0.15, -0.1) is 0 Å². The number of rotatable bonds is 6. The molecule has 1 saturated carbocycles. The van der Waals surface area contributed by atoms with Crippen molar-refractivity contribution in [3.63, 3.8) is 0 Å². The van der Waals surface area contributed by atoms with E-state index in [0.717, 1.165) is 51.9 Å². The lowest BCUT2D eigenvalue weighted by molar-refractivity contribution is -0.121. The van der Waals surface area contributed by atoms with Gasteiger partial charge in [0.05, 0.1) is 0 Å². The highest BCUT2D eigenvalue weighted by Crippen LogP contribution is 2.26. The van der Waals surface area contributed by atoms with E-state index in [-0.39, 0.29) is 5.91 Å². The second kappa shape index (κ2) is 7.85. The zero-order valence-electron chi connectivity index (χ0n) is 11.9. The lowest BCUT2D eigenvalue weighted by atomic mass is 9.84. The maximum atomic E-state index is 11.8. The topological polar surface area (TPSA) is 64.4 Å². The van der Waals surface area contributed by atoms with Gasteiger partial charge in [0.2, 0.25) is 5.91 Å². The first-order chi connectivity index (χ1) is 9.24. The highest BCUT2D eigenvalue weighted by atomic mass is 16.5. The number of hydrogen-bond acceptors (Lipinski definition) is 3. The molecule has 0 radical (unpaired) electrons. The van der Waals surface area contributed by atoms with Gasteiger partial charge in [-0.1, -0.05) is 0 Å². The van der Waals surface area contributed by atoms with Gasteiger partial charge in [0, 0.05) is 32.2 Å². The van der Waals surface area contributed by atoms with Crippen LogP contribution in [-0.4, -0.2) is 31.7 Å². The van der Waals surface area contributed by atoms with E-state index in [1.165, 1.54) is 12.8 Å². The summed E-state index contributed by atoms with van der Waals surface area (Å²) in [5.74, 6) is 1.59. The summed E-state index contributed by atoms with van der Waals surface area (Å²) < 4.78 is 5.33. The molecule has 0 aromatic carbocycles. The predicted molar refractivity (Wildman–Crippen MR) is 75.7 cm³/mol. The molecule has 1 unspecified atom stereocenters. The average Bonchev–Trinajstić information content (AvgIpc) is 2.91. The fourth-order valence-electron chi connectivity index (χ4n) is 3.13. The van der Waals surface area contributed by atoms with E-state index >= 15 is 0 Å². The van der Waals surface area contributed by atoms with Crippen LogP contribution in [0.25, 0.3) is 0 Å². The van der Waals surface area contributed by atoms with Gasteiger partial charge in [-0.3, -0.25) is 4.79 Å². The van der Waals surface area contributed by atoms with E-state index in [0.29, 0.717) is 24.3 Å². The van der Waals surface area contributed by atoms with Crippen LogP contribution in [0.15, 0.2) is 0 Å². The highest BCUT2D eigenvalue weighted by molar-refractivity contribution is 5.75. The van der Waals surface area contributed by atoms with Crippen LogP contribution in [0.1, 0.15) is 51.4 Å². The van der Waals surface area contributed by atoms with Crippen LogP contribution in [0.4, 0.5) is 0 Å². The second-order valence-corrected chi connectivity index (χ2v) is 6.19. The maximum absolute atomic E-state index is 11.8. The zero-order chi connectivity index (χ0) is 13.5. The number of carbonyl (C=O) groups excluding carboxylic acids is 1. The van der Waals surface area contributed by atoms with Crippen molar-refractivity contribution in [2.75, 3.05) is 19.8 Å². The Morgan fingerprint density at radius 3 is 2.58 bits per heavy atom. The van der Waals surface area contributed by atoms with Crippen LogP contribution >= 0.6 is 0 Å². The van der Waals surface area contributed by atoms with Crippen molar-refractivity contribution in [2.24, 2.45) is 17.6 Å². The molecular weight excluding hydrogens is 240 g/mol. The molecule has 4 heteroatoms. The van der Waals surface area contributed by atoms with Gasteiger partial charge in [0.25, 0.3) is 0 Å². The standard InChI is InChI=1S/C15H28N2O2/c16-14-4-1-12(2-5-14)3-6-15(18)17-9-7-13-8-10-19-11-13/h12-14H,1-11,16H2,(H,17,18). The van der Waals surface area contributed by atoms with Crippen molar-refractivity contribution in [3.05, 3.63) is 0 Å². The van der Waals surface area contributed by atoms with Gasteiger partial charge in [-0.05, 0) is 56.8 Å². The van der Waals surface area contributed by atoms with E-state index in [2.05, 4.69) is 5.32 Å². The fraction of sp³-hybridized carbons (Fsp3) is 0.933. The largest absolute Gasteiger partial charge is 0.381 e. The molecule has 3 N–H and O–H groups in total. The summed E-state index contributed by atoms with van der Waals surface area (Å²) in [6, 6.07) is 0.402. The molecule has 0 aromatic heterocycles. The Balaban J connectivity index is 1.49. The Labute approximate surface area is 116 Å². The lowest BCUT2D eigenvalue weighted by Crippen LogP contribution is -2.29. The van der Waals surface area contributed by atoms with Gasteiger partial charge in [-0.2, -0.15) is 0 Å². The highest BCUT2D eigenvalue weighted by Gasteiger charge is 2.19. The summed E-state index contributed by atoms with van der Waals surface area (Å²) >= 11 is 0. The third-order valence-corrected chi connectivity index (χ3v) is 4.57. The first-order valence-electron chi connectivity index (χ1n) is 7.84.